The highest BCUT2D eigenvalue weighted by Gasteiger charge is 2.26. The second-order valence-electron chi connectivity index (χ2n) is 13.3. The fraction of sp³-hybridized carbons (Fsp3) is 0. The summed E-state index contributed by atoms with van der Waals surface area (Å²) in [5.41, 5.74) is 5.47. The van der Waals surface area contributed by atoms with Crippen LogP contribution in [0.25, 0.3) is 114 Å². The van der Waals surface area contributed by atoms with E-state index in [4.69, 9.17) is 14.4 Å². The molecule has 236 valence electrons. The largest absolute Gasteiger partial charge is 0.437 e. The first kappa shape index (κ1) is 27.3. The maximum atomic E-state index is 6.60. The highest BCUT2D eigenvalue weighted by molar-refractivity contribution is 7.27. The number of nitrogens with zero attached hydrogens (tertiary/aromatic N) is 3. The van der Waals surface area contributed by atoms with Gasteiger partial charge in [0.1, 0.15) is 5.58 Å². The minimum atomic E-state index is 0.577. The van der Waals surface area contributed by atoms with Gasteiger partial charge in [0.2, 0.25) is 11.7 Å². The average molecular weight is 668 g/mol. The van der Waals surface area contributed by atoms with Crippen molar-refractivity contribution in [3.63, 3.8) is 0 Å². The van der Waals surface area contributed by atoms with Crippen molar-refractivity contribution in [2.45, 2.75) is 0 Å². The first-order valence-corrected chi connectivity index (χ1v) is 18.0. The summed E-state index contributed by atoms with van der Waals surface area (Å²) in [7, 11) is 0. The number of thiophene rings is 1. The van der Waals surface area contributed by atoms with Crippen molar-refractivity contribution in [3.05, 3.63) is 152 Å². The monoisotopic (exact) mass is 667 g/mol. The first-order valence-electron chi connectivity index (χ1n) is 17.2. The summed E-state index contributed by atoms with van der Waals surface area (Å²) in [6, 6.07) is 54.1. The molecule has 0 aliphatic heterocycles. The van der Waals surface area contributed by atoms with Gasteiger partial charge in [-0.15, -0.1) is 11.3 Å². The molecule has 12 aromatic rings. The van der Waals surface area contributed by atoms with Gasteiger partial charge >= 0.3 is 0 Å². The number of benzene rings is 8. The summed E-state index contributed by atoms with van der Waals surface area (Å²) < 4.78 is 11.4. The van der Waals surface area contributed by atoms with E-state index in [1.54, 1.807) is 0 Å². The van der Waals surface area contributed by atoms with Crippen LogP contribution in [0.4, 0.5) is 0 Å². The number of hydrogen-bond donors (Lipinski definition) is 0. The summed E-state index contributed by atoms with van der Waals surface area (Å²) in [6.45, 7) is 0. The Morgan fingerprint density at radius 1 is 0.471 bits per heavy atom. The Morgan fingerprint density at radius 3 is 2.00 bits per heavy atom. The highest BCUT2D eigenvalue weighted by atomic mass is 32.1. The van der Waals surface area contributed by atoms with Crippen LogP contribution in [0.5, 0.6) is 0 Å². The summed E-state index contributed by atoms with van der Waals surface area (Å²) in [5.74, 6) is 0.593. The molecule has 0 unspecified atom stereocenters. The molecule has 51 heavy (non-hydrogen) atoms. The predicted molar refractivity (Wildman–Crippen MR) is 214 cm³/mol. The average Bonchev–Trinajstić information content (AvgIpc) is 3.87. The van der Waals surface area contributed by atoms with E-state index in [0.717, 1.165) is 49.4 Å². The van der Waals surface area contributed by atoms with Gasteiger partial charge in [0.05, 0.1) is 26.8 Å². The van der Waals surface area contributed by atoms with Gasteiger partial charge in [-0.25, -0.2) is 4.98 Å². The number of fused-ring (bicyclic) bond motifs is 16. The predicted octanol–water partition coefficient (Wildman–Crippen LogP) is 13.0. The van der Waals surface area contributed by atoms with Crippen LogP contribution in [0.2, 0.25) is 0 Å². The number of rotatable bonds is 2. The zero-order valence-electron chi connectivity index (χ0n) is 27.1. The van der Waals surface area contributed by atoms with Gasteiger partial charge in [0, 0.05) is 42.6 Å². The first-order chi connectivity index (χ1) is 25.3. The van der Waals surface area contributed by atoms with Crippen molar-refractivity contribution in [1.82, 2.24) is 14.5 Å². The molecular formula is C46H25N3OS. The lowest BCUT2D eigenvalue weighted by Gasteiger charge is -2.12. The van der Waals surface area contributed by atoms with Crippen molar-refractivity contribution in [2.24, 2.45) is 0 Å². The highest BCUT2D eigenvalue weighted by Crippen LogP contribution is 2.49. The SMILES string of the molecule is c1ccc2cc(-c3nc(-n4c5c6ccccc6ccc5c5c6ccccc6c6c7ccccc7sc6c54)nc4oc5ccccc5c34)ccc2c1. The molecule has 0 spiro atoms. The number of furan rings is 1. The third-order valence-corrected chi connectivity index (χ3v) is 11.8. The van der Waals surface area contributed by atoms with Crippen LogP contribution in [-0.2, 0) is 0 Å². The van der Waals surface area contributed by atoms with Gasteiger partial charge in [-0.05, 0) is 45.1 Å². The third-order valence-electron chi connectivity index (χ3n) is 10.6. The Hall–Kier alpha value is -6.56. The van der Waals surface area contributed by atoms with Crippen LogP contribution in [-0.4, -0.2) is 14.5 Å². The lowest BCUT2D eigenvalue weighted by molar-refractivity contribution is 0.651. The van der Waals surface area contributed by atoms with Crippen LogP contribution in [0.1, 0.15) is 0 Å². The maximum Gasteiger partial charge on any atom is 0.238 e. The molecule has 0 atom stereocenters. The lowest BCUT2D eigenvalue weighted by atomic mass is 9.98. The second kappa shape index (κ2) is 10.0. The van der Waals surface area contributed by atoms with Gasteiger partial charge in [-0.1, -0.05) is 133 Å². The number of hydrogen-bond acceptors (Lipinski definition) is 4. The van der Waals surface area contributed by atoms with Crippen LogP contribution >= 0.6 is 11.3 Å². The lowest BCUT2D eigenvalue weighted by Crippen LogP contribution is -2.03. The molecule has 0 aliphatic carbocycles. The van der Waals surface area contributed by atoms with Gasteiger partial charge in [0.15, 0.2) is 0 Å². The van der Waals surface area contributed by atoms with Gasteiger partial charge in [-0.2, -0.15) is 4.98 Å². The molecule has 4 heterocycles. The quantitative estimate of drug-likeness (QED) is 0.184. The minimum absolute atomic E-state index is 0.577. The van der Waals surface area contributed by atoms with Crippen LogP contribution in [0.15, 0.2) is 156 Å². The molecule has 0 saturated carbocycles. The summed E-state index contributed by atoms with van der Waals surface area (Å²) in [6.07, 6.45) is 0. The smallest absolute Gasteiger partial charge is 0.238 e. The molecule has 0 fully saturated rings. The van der Waals surface area contributed by atoms with Gasteiger partial charge < -0.3 is 4.42 Å². The molecule has 0 bridgehead atoms. The van der Waals surface area contributed by atoms with Crippen LogP contribution < -0.4 is 0 Å². The van der Waals surface area contributed by atoms with E-state index in [9.17, 15) is 0 Å². The van der Waals surface area contributed by atoms with Gasteiger partial charge in [-0.3, -0.25) is 4.57 Å². The van der Waals surface area contributed by atoms with Gasteiger partial charge in [0.25, 0.3) is 0 Å². The summed E-state index contributed by atoms with van der Waals surface area (Å²) >= 11 is 1.85. The standard InChI is InChI=1S/C46H25N3OS/c1-2-13-28-25-29(22-21-26(28)11-1)41-40-33-17-7-9-19-36(33)50-45(40)48-46(47-41)49-42-30-14-4-3-12-27(30)23-24-35(42)38-31-15-5-6-16-32(31)39-34-18-8-10-20-37(34)51-44(39)43(38)49/h1-25H. The molecule has 0 saturated heterocycles. The van der Waals surface area contributed by atoms with Crippen molar-refractivity contribution >= 4 is 108 Å². The Balaban J connectivity index is 1.33. The topological polar surface area (TPSA) is 43.9 Å². The molecule has 5 heteroatoms. The van der Waals surface area contributed by atoms with Crippen molar-refractivity contribution in [3.8, 4) is 17.2 Å². The Bertz CT molecular complexity index is 3440. The molecule has 0 N–H and O–H groups in total. The van der Waals surface area contributed by atoms with Crippen molar-refractivity contribution in [1.29, 1.82) is 0 Å². The van der Waals surface area contributed by atoms with E-state index >= 15 is 0 Å². The maximum absolute atomic E-state index is 6.60. The molecular weight excluding hydrogens is 643 g/mol. The van der Waals surface area contributed by atoms with E-state index in [1.165, 1.54) is 52.5 Å². The molecule has 0 radical (unpaired) electrons. The Kier molecular flexibility index (Phi) is 5.35. The van der Waals surface area contributed by atoms with Crippen molar-refractivity contribution < 1.29 is 4.42 Å². The summed E-state index contributed by atoms with van der Waals surface area (Å²) in [4.78, 5) is 10.9. The molecule has 4 aromatic heterocycles. The van der Waals surface area contributed by atoms with Crippen LogP contribution in [0, 0.1) is 0 Å². The van der Waals surface area contributed by atoms with E-state index in [0.29, 0.717) is 11.7 Å². The Morgan fingerprint density at radius 2 is 1.14 bits per heavy atom. The van der Waals surface area contributed by atoms with E-state index in [1.807, 2.05) is 23.5 Å². The number of aromatic nitrogens is 3. The zero-order chi connectivity index (χ0) is 33.2. The fourth-order valence-corrected chi connectivity index (χ4v) is 9.65. The minimum Gasteiger partial charge on any atom is -0.437 e. The molecule has 0 aliphatic rings. The molecule has 8 aromatic carbocycles. The Labute approximate surface area is 294 Å². The number of para-hydroxylation sites is 1. The zero-order valence-corrected chi connectivity index (χ0v) is 27.9. The second-order valence-corrected chi connectivity index (χ2v) is 14.4. The summed E-state index contributed by atoms with van der Waals surface area (Å²) in [5, 5.41) is 14.0. The van der Waals surface area contributed by atoms with Crippen LogP contribution in [0.3, 0.4) is 0 Å². The van der Waals surface area contributed by atoms with E-state index in [2.05, 4.69) is 144 Å². The molecule has 0 amide bonds. The van der Waals surface area contributed by atoms with E-state index < -0.39 is 0 Å². The van der Waals surface area contributed by atoms with Crippen molar-refractivity contribution in [2.75, 3.05) is 0 Å². The molecule has 4 nitrogen and oxygen atoms in total. The van der Waals surface area contributed by atoms with E-state index in [-0.39, 0.29) is 0 Å². The fourth-order valence-electron chi connectivity index (χ4n) is 8.39. The molecule has 12 rings (SSSR count). The normalized spacial score (nSPS) is 12.3. The third kappa shape index (κ3) is 3.68.